The molecule has 110 valence electrons. The summed E-state index contributed by atoms with van der Waals surface area (Å²) in [4.78, 5) is 0. The molecule has 1 unspecified atom stereocenters. The fourth-order valence-electron chi connectivity index (χ4n) is 1.24. The van der Waals surface area contributed by atoms with E-state index >= 15 is 0 Å². The van der Waals surface area contributed by atoms with E-state index in [9.17, 15) is 5.11 Å². The van der Waals surface area contributed by atoms with Crippen molar-refractivity contribution in [2.45, 2.75) is 47.0 Å². The third-order valence-electron chi connectivity index (χ3n) is 2.86. The van der Waals surface area contributed by atoms with Gasteiger partial charge in [-0.25, -0.2) is 0 Å². The van der Waals surface area contributed by atoms with E-state index in [0.717, 1.165) is 6.42 Å². The van der Waals surface area contributed by atoms with Gasteiger partial charge in [-0.2, -0.15) is 0 Å². The SMILES string of the molecule is CC(C)(C)CO.CCC(C)c1ccc(O)c(OC)c1. The quantitative estimate of drug-likeness (QED) is 0.873. The highest BCUT2D eigenvalue weighted by Crippen LogP contribution is 2.30. The van der Waals surface area contributed by atoms with Crippen LogP contribution in [0.25, 0.3) is 0 Å². The zero-order chi connectivity index (χ0) is 15.1. The molecule has 0 aliphatic carbocycles. The van der Waals surface area contributed by atoms with E-state index in [4.69, 9.17) is 9.84 Å². The van der Waals surface area contributed by atoms with Crippen LogP contribution in [0.15, 0.2) is 18.2 Å². The molecule has 0 spiro atoms. The first-order chi connectivity index (χ1) is 8.75. The molecule has 0 aliphatic rings. The normalized spacial score (nSPS) is 12.4. The monoisotopic (exact) mass is 268 g/mol. The zero-order valence-corrected chi connectivity index (χ0v) is 13.0. The average molecular weight is 268 g/mol. The molecule has 19 heavy (non-hydrogen) atoms. The molecule has 1 aromatic rings. The molecule has 3 nitrogen and oxygen atoms in total. The van der Waals surface area contributed by atoms with Crippen molar-refractivity contribution in [3.8, 4) is 11.5 Å². The number of phenolic OH excluding ortho intramolecular Hbond substituents is 1. The molecule has 0 amide bonds. The lowest BCUT2D eigenvalue weighted by Crippen LogP contribution is -2.09. The topological polar surface area (TPSA) is 49.7 Å². The number of benzene rings is 1. The molecule has 0 aromatic heterocycles. The van der Waals surface area contributed by atoms with Crippen LogP contribution in [0.4, 0.5) is 0 Å². The minimum absolute atomic E-state index is 0.0972. The van der Waals surface area contributed by atoms with Crippen molar-refractivity contribution in [2.75, 3.05) is 13.7 Å². The molecule has 0 bridgehead atoms. The predicted molar refractivity (Wildman–Crippen MR) is 79.9 cm³/mol. The lowest BCUT2D eigenvalue weighted by molar-refractivity contribution is 0.177. The Balaban J connectivity index is 0.000000459. The van der Waals surface area contributed by atoms with Crippen LogP contribution in [-0.2, 0) is 0 Å². The number of phenols is 1. The Labute approximate surface area is 117 Å². The number of hydrogen-bond acceptors (Lipinski definition) is 3. The van der Waals surface area contributed by atoms with E-state index in [2.05, 4.69) is 13.8 Å². The van der Waals surface area contributed by atoms with Gasteiger partial charge in [-0.3, -0.25) is 0 Å². The van der Waals surface area contributed by atoms with E-state index < -0.39 is 0 Å². The van der Waals surface area contributed by atoms with Crippen LogP contribution in [-0.4, -0.2) is 23.9 Å². The lowest BCUT2D eigenvalue weighted by atomic mass is 9.98. The maximum atomic E-state index is 9.36. The van der Waals surface area contributed by atoms with Crippen LogP contribution in [0.3, 0.4) is 0 Å². The minimum atomic E-state index is 0.0972. The van der Waals surface area contributed by atoms with Crippen molar-refractivity contribution in [2.24, 2.45) is 5.41 Å². The number of aliphatic hydroxyl groups excluding tert-OH is 1. The summed E-state index contributed by atoms with van der Waals surface area (Å²) in [5.74, 6) is 1.27. The van der Waals surface area contributed by atoms with Gasteiger partial charge in [0.25, 0.3) is 0 Å². The van der Waals surface area contributed by atoms with Gasteiger partial charge in [0, 0.05) is 6.61 Å². The predicted octanol–water partition coefficient (Wildman–Crippen LogP) is 3.94. The second-order valence-corrected chi connectivity index (χ2v) is 5.96. The van der Waals surface area contributed by atoms with Crippen LogP contribution in [0, 0.1) is 5.41 Å². The summed E-state index contributed by atoms with van der Waals surface area (Å²) < 4.78 is 5.03. The largest absolute Gasteiger partial charge is 0.504 e. The van der Waals surface area contributed by atoms with Crippen molar-refractivity contribution in [3.05, 3.63) is 23.8 Å². The number of ether oxygens (including phenoxy) is 1. The summed E-state index contributed by atoms with van der Waals surface area (Å²) >= 11 is 0. The third-order valence-corrected chi connectivity index (χ3v) is 2.86. The first kappa shape index (κ1) is 17.8. The smallest absolute Gasteiger partial charge is 0.160 e. The Morgan fingerprint density at radius 1 is 1.26 bits per heavy atom. The maximum absolute atomic E-state index is 9.36. The van der Waals surface area contributed by atoms with Crippen LogP contribution >= 0.6 is 0 Å². The van der Waals surface area contributed by atoms with Crippen molar-refractivity contribution in [1.29, 1.82) is 0 Å². The first-order valence-corrected chi connectivity index (χ1v) is 6.73. The van der Waals surface area contributed by atoms with Gasteiger partial charge in [0.2, 0.25) is 0 Å². The second kappa shape index (κ2) is 8.05. The first-order valence-electron chi connectivity index (χ1n) is 6.73. The maximum Gasteiger partial charge on any atom is 0.160 e. The molecule has 0 aliphatic heterocycles. The Morgan fingerprint density at radius 3 is 2.16 bits per heavy atom. The highest BCUT2D eigenvalue weighted by atomic mass is 16.5. The summed E-state index contributed by atoms with van der Waals surface area (Å²) in [6.45, 7) is 10.6. The highest BCUT2D eigenvalue weighted by molar-refractivity contribution is 5.42. The molecule has 0 fully saturated rings. The van der Waals surface area contributed by atoms with Gasteiger partial charge in [-0.1, -0.05) is 40.7 Å². The van der Waals surface area contributed by atoms with Gasteiger partial charge in [0.05, 0.1) is 7.11 Å². The summed E-state index contributed by atoms with van der Waals surface area (Å²) in [5.41, 5.74) is 1.30. The Kier molecular flexibility index (Phi) is 7.53. The summed E-state index contributed by atoms with van der Waals surface area (Å²) in [6, 6.07) is 5.51. The second-order valence-electron chi connectivity index (χ2n) is 5.96. The lowest BCUT2D eigenvalue weighted by Gasteiger charge is -2.11. The molecule has 2 N–H and O–H groups in total. The summed E-state index contributed by atoms with van der Waals surface area (Å²) in [7, 11) is 1.56. The van der Waals surface area contributed by atoms with Crippen molar-refractivity contribution < 1.29 is 14.9 Å². The summed E-state index contributed by atoms with van der Waals surface area (Å²) in [6.07, 6.45) is 1.09. The number of aliphatic hydroxyl groups is 1. The molecule has 3 heteroatoms. The van der Waals surface area contributed by atoms with Crippen molar-refractivity contribution in [3.63, 3.8) is 0 Å². The van der Waals surface area contributed by atoms with Gasteiger partial charge < -0.3 is 14.9 Å². The molecule has 1 aromatic carbocycles. The standard InChI is InChI=1S/C11H16O2.C5H12O/c1-4-8(2)9-5-6-10(12)11(7-9)13-3;1-5(2,3)4-6/h5-8,12H,4H2,1-3H3;6H,4H2,1-3H3. The van der Waals surface area contributed by atoms with Crippen molar-refractivity contribution >= 4 is 0 Å². The minimum Gasteiger partial charge on any atom is -0.504 e. The fourth-order valence-corrected chi connectivity index (χ4v) is 1.24. The van der Waals surface area contributed by atoms with E-state index in [0.29, 0.717) is 11.7 Å². The fraction of sp³-hybridized carbons (Fsp3) is 0.625. The number of methoxy groups -OCH3 is 1. The number of aromatic hydroxyl groups is 1. The average Bonchev–Trinajstić information content (AvgIpc) is 2.38. The Hall–Kier alpha value is -1.22. The molecule has 0 saturated heterocycles. The van der Waals surface area contributed by atoms with E-state index in [1.54, 1.807) is 13.2 Å². The van der Waals surface area contributed by atoms with Crippen LogP contribution in [0.5, 0.6) is 11.5 Å². The molecule has 0 saturated carbocycles. The molecule has 0 radical (unpaired) electrons. The Morgan fingerprint density at radius 2 is 1.79 bits per heavy atom. The van der Waals surface area contributed by atoms with E-state index in [1.165, 1.54) is 5.56 Å². The van der Waals surface area contributed by atoms with Gasteiger partial charge in [0.1, 0.15) is 0 Å². The van der Waals surface area contributed by atoms with Crippen LogP contribution in [0.1, 0.15) is 52.5 Å². The molecule has 1 rings (SSSR count). The highest BCUT2D eigenvalue weighted by Gasteiger charge is 2.07. The van der Waals surface area contributed by atoms with Crippen LogP contribution in [0.2, 0.25) is 0 Å². The third kappa shape index (κ3) is 7.06. The van der Waals surface area contributed by atoms with Gasteiger partial charge in [-0.05, 0) is 35.4 Å². The Bertz CT molecular complexity index is 367. The van der Waals surface area contributed by atoms with Crippen molar-refractivity contribution in [1.82, 2.24) is 0 Å². The number of hydrogen-bond donors (Lipinski definition) is 2. The molecule has 0 heterocycles. The summed E-state index contributed by atoms with van der Waals surface area (Å²) in [5, 5.41) is 17.8. The van der Waals surface area contributed by atoms with E-state index in [-0.39, 0.29) is 17.8 Å². The van der Waals surface area contributed by atoms with Gasteiger partial charge in [-0.15, -0.1) is 0 Å². The molecular formula is C16H28O3. The molecule has 1 atom stereocenters. The zero-order valence-electron chi connectivity index (χ0n) is 13.0. The number of rotatable bonds is 3. The molecular weight excluding hydrogens is 240 g/mol. The van der Waals surface area contributed by atoms with Crippen LogP contribution < -0.4 is 4.74 Å². The van der Waals surface area contributed by atoms with Gasteiger partial charge >= 0.3 is 0 Å². The van der Waals surface area contributed by atoms with E-state index in [1.807, 2.05) is 32.9 Å². The van der Waals surface area contributed by atoms with Gasteiger partial charge in [0.15, 0.2) is 11.5 Å².